The van der Waals surface area contributed by atoms with Gasteiger partial charge in [-0.2, -0.15) is 0 Å². The Bertz CT molecular complexity index is 78.6. The molecule has 0 saturated carbocycles. The maximum Gasteiger partial charge on any atom is 0.152 e. The number of hydrogen-bond acceptors (Lipinski definition) is 2. The summed E-state index contributed by atoms with van der Waals surface area (Å²) in [6, 6.07) is 0. The normalized spacial score (nSPS) is 14.6. The topological polar surface area (TPSA) is 64.4 Å². The Morgan fingerprint density at radius 3 is 2.12 bits per heavy atom. The zero-order valence-corrected chi connectivity index (χ0v) is 7.14. The number of halogens is 1. The van der Waals surface area contributed by atoms with Crippen LogP contribution in [0.4, 0.5) is 0 Å². The minimum absolute atomic E-state index is 0. The van der Waals surface area contributed by atoms with E-state index in [1.807, 2.05) is 0 Å². The highest BCUT2D eigenvalue weighted by atomic mass is 79.9. The van der Waals surface area contributed by atoms with Gasteiger partial charge in [0.25, 0.3) is 0 Å². The van der Waals surface area contributed by atoms with E-state index < -0.39 is 0 Å². The van der Waals surface area contributed by atoms with Crippen LogP contribution in [0.25, 0.3) is 0 Å². The van der Waals surface area contributed by atoms with E-state index in [0.29, 0.717) is 0 Å². The Labute approximate surface area is 64.7 Å². The lowest BCUT2D eigenvalue weighted by molar-refractivity contribution is 0.794. The number of rotatable bonds is 1. The van der Waals surface area contributed by atoms with E-state index in [9.17, 15) is 0 Å². The highest BCUT2D eigenvalue weighted by molar-refractivity contribution is 8.93. The van der Waals surface area contributed by atoms with Crippen LogP contribution in [-0.2, 0) is 0 Å². The second kappa shape index (κ2) is 5.40. The standard InChI is InChI=1S/C3H9N3S.BrH/c1-2(4)6-3(5)7;/h2H,4H2,1H3,(H3,5,6,7);1H. The van der Waals surface area contributed by atoms with Crippen LogP contribution >= 0.6 is 29.6 Å². The van der Waals surface area contributed by atoms with Crippen LogP contribution in [0.15, 0.2) is 4.99 Å². The first kappa shape index (κ1) is 11.1. The zero-order valence-electron chi connectivity index (χ0n) is 4.53. The molecule has 4 N–H and O–H groups in total. The average Bonchev–Trinajstić information content (AvgIpc) is 1.27. The molecule has 0 saturated heterocycles. The molecule has 1 atom stereocenters. The molecule has 3 nitrogen and oxygen atoms in total. The van der Waals surface area contributed by atoms with Gasteiger partial charge in [-0.15, -0.1) is 29.6 Å². The van der Waals surface area contributed by atoms with Crippen molar-refractivity contribution in [2.45, 2.75) is 13.1 Å². The fraction of sp³-hybridized carbons (Fsp3) is 0.667. The van der Waals surface area contributed by atoms with Crippen molar-refractivity contribution in [1.29, 1.82) is 0 Å². The summed E-state index contributed by atoms with van der Waals surface area (Å²) in [7, 11) is 0. The van der Waals surface area contributed by atoms with Gasteiger partial charge in [0.1, 0.15) is 0 Å². The van der Waals surface area contributed by atoms with Crippen molar-refractivity contribution in [2.75, 3.05) is 0 Å². The number of amidine groups is 1. The number of hydrogen-bond donors (Lipinski definition) is 3. The summed E-state index contributed by atoms with van der Waals surface area (Å²) in [5, 5.41) is 0.231. The summed E-state index contributed by atoms with van der Waals surface area (Å²) in [6.45, 7) is 1.73. The van der Waals surface area contributed by atoms with Crippen LogP contribution in [0.1, 0.15) is 6.92 Å². The summed E-state index contributed by atoms with van der Waals surface area (Å²) in [4.78, 5) is 3.61. The quantitative estimate of drug-likeness (QED) is 0.319. The predicted octanol–water partition coefficient (Wildman–Crippen LogP) is 0.114. The number of thiol groups is 1. The molecule has 0 aliphatic carbocycles. The third kappa shape index (κ3) is 9.54. The predicted molar refractivity (Wildman–Crippen MR) is 44.6 cm³/mol. The molecule has 0 radical (unpaired) electrons. The van der Waals surface area contributed by atoms with Gasteiger partial charge in [0.05, 0.1) is 6.17 Å². The fourth-order valence-corrected chi connectivity index (χ4v) is 0.391. The van der Waals surface area contributed by atoms with E-state index >= 15 is 0 Å². The second-order valence-electron chi connectivity index (χ2n) is 1.23. The van der Waals surface area contributed by atoms with Crippen LogP contribution in [0, 0.1) is 0 Å². The van der Waals surface area contributed by atoms with Crippen molar-refractivity contribution in [3.8, 4) is 0 Å². The number of nitrogens with two attached hydrogens (primary N) is 2. The molecule has 50 valence electrons. The lowest BCUT2D eigenvalue weighted by Gasteiger charge is -1.93. The van der Waals surface area contributed by atoms with E-state index in [2.05, 4.69) is 17.6 Å². The van der Waals surface area contributed by atoms with Gasteiger partial charge in [0.2, 0.25) is 0 Å². The first-order valence-electron chi connectivity index (χ1n) is 1.90. The lowest BCUT2D eigenvalue weighted by atomic mass is 10.6. The molecule has 0 bridgehead atoms. The smallest absolute Gasteiger partial charge is 0.152 e. The Morgan fingerprint density at radius 2 is 2.12 bits per heavy atom. The SMILES string of the molecule is Br.CC(N)N=C(N)S. The van der Waals surface area contributed by atoms with Crippen molar-refractivity contribution in [2.24, 2.45) is 16.5 Å². The lowest BCUT2D eigenvalue weighted by Crippen LogP contribution is -2.16. The van der Waals surface area contributed by atoms with Gasteiger partial charge < -0.3 is 11.5 Å². The maximum atomic E-state index is 5.18. The third-order valence-corrected chi connectivity index (χ3v) is 0.451. The van der Waals surface area contributed by atoms with Crippen LogP contribution in [0.5, 0.6) is 0 Å². The van der Waals surface area contributed by atoms with Crippen molar-refractivity contribution >= 4 is 34.8 Å². The molecule has 0 spiro atoms. The molecule has 0 amide bonds. The average molecular weight is 200 g/mol. The largest absolute Gasteiger partial charge is 0.379 e. The number of nitrogens with zero attached hydrogens (tertiary/aromatic N) is 1. The summed E-state index contributed by atoms with van der Waals surface area (Å²) >= 11 is 3.69. The van der Waals surface area contributed by atoms with Gasteiger partial charge in [0, 0.05) is 0 Å². The zero-order chi connectivity index (χ0) is 5.86. The molecule has 0 aliphatic rings. The Kier molecular flexibility index (Phi) is 7.50. The molecule has 0 rings (SSSR count). The summed E-state index contributed by atoms with van der Waals surface area (Å²) in [6.07, 6.45) is -0.238. The first-order chi connectivity index (χ1) is 3.13. The molecule has 1 unspecified atom stereocenters. The van der Waals surface area contributed by atoms with Gasteiger partial charge >= 0.3 is 0 Å². The molecular weight excluding hydrogens is 190 g/mol. The minimum atomic E-state index is -0.238. The second-order valence-corrected chi connectivity index (χ2v) is 1.69. The molecule has 8 heavy (non-hydrogen) atoms. The summed E-state index contributed by atoms with van der Waals surface area (Å²) in [5.74, 6) is 0. The van der Waals surface area contributed by atoms with Gasteiger partial charge in [-0.25, -0.2) is 4.99 Å². The summed E-state index contributed by atoms with van der Waals surface area (Å²) < 4.78 is 0. The molecule has 0 aromatic rings. The van der Waals surface area contributed by atoms with Gasteiger partial charge in [0.15, 0.2) is 5.17 Å². The van der Waals surface area contributed by atoms with Gasteiger partial charge in [-0.1, -0.05) is 0 Å². The highest BCUT2D eigenvalue weighted by Gasteiger charge is 1.83. The van der Waals surface area contributed by atoms with Crippen molar-refractivity contribution in [3.63, 3.8) is 0 Å². The first-order valence-corrected chi connectivity index (χ1v) is 2.35. The molecule has 0 aliphatic heterocycles. The van der Waals surface area contributed by atoms with Crippen LogP contribution in [0.3, 0.4) is 0 Å². The molecule has 0 heterocycles. The Morgan fingerprint density at radius 1 is 1.75 bits per heavy atom. The van der Waals surface area contributed by atoms with Crippen molar-refractivity contribution in [1.82, 2.24) is 0 Å². The molecule has 0 aromatic heterocycles. The fourth-order valence-electron chi connectivity index (χ4n) is 0.209. The van der Waals surface area contributed by atoms with Crippen molar-refractivity contribution < 1.29 is 0 Å². The van der Waals surface area contributed by atoms with E-state index in [1.54, 1.807) is 6.92 Å². The minimum Gasteiger partial charge on any atom is -0.379 e. The molecular formula is C3H10BrN3S. The van der Waals surface area contributed by atoms with E-state index in [0.717, 1.165) is 0 Å². The Balaban J connectivity index is 0. The third-order valence-electron chi connectivity index (χ3n) is 0.336. The van der Waals surface area contributed by atoms with Gasteiger partial charge in [-0.05, 0) is 6.92 Å². The highest BCUT2D eigenvalue weighted by Crippen LogP contribution is 1.78. The van der Waals surface area contributed by atoms with Crippen LogP contribution < -0.4 is 11.5 Å². The van der Waals surface area contributed by atoms with Gasteiger partial charge in [-0.3, -0.25) is 0 Å². The van der Waals surface area contributed by atoms with Crippen LogP contribution in [0.2, 0.25) is 0 Å². The van der Waals surface area contributed by atoms with Crippen molar-refractivity contribution in [3.05, 3.63) is 0 Å². The van der Waals surface area contributed by atoms with Crippen LogP contribution in [-0.4, -0.2) is 11.3 Å². The monoisotopic (exact) mass is 199 g/mol. The van der Waals surface area contributed by atoms with E-state index in [4.69, 9.17) is 11.5 Å². The Hall–Kier alpha value is 0.260. The molecule has 5 heteroatoms. The number of aliphatic imine (C=N–C) groups is 1. The molecule has 0 fully saturated rings. The van der Waals surface area contributed by atoms with E-state index in [-0.39, 0.29) is 28.3 Å². The summed E-state index contributed by atoms with van der Waals surface area (Å²) in [5.41, 5.74) is 10.2. The van der Waals surface area contributed by atoms with E-state index in [1.165, 1.54) is 0 Å². The molecule has 0 aromatic carbocycles. The maximum absolute atomic E-state index is 5.18.